The van der Waals surface area contributed by atoms with Crippen LogP contribution in [-0.4, -0.2) is 23.9 Å². The third kappa shape index (κ3) is 7.88. The Morgan fingerprint density at radius 1 is 1.17 bits per heavy atom. The van der Waals surface area contributed by atoms with E-state index in [0.717, 1.165) is 19.4 Å². The molecule has 0 aliphatic rings. The third-order valence-corrected chi connectivity index (χ3v) is 2.75. The SMILES string of the molecule is CC=CC(=O)N(CC)CC=C(C)CCC=C(C)C. The van der Waals surface area contributed by atoms with Crippen molar-refractivity contribution in [3.8, 4) is 0 Å². The summed E-state index contributed by atoms with van der Waals surface area (Å²) < 4.78 is 0. The van der Waals surface area contributed by atoms with Gasteiger partial charge < -0.3 is 4.90 Å². The number of carbonyl (C=O) groups is 1. The van der Waals surface area contributed by atoms with Crippen LogP contribution >= 0.6 is 0 Å². The summed E-state index contributed by atoms with van der Waals surface area (Å²) in [5, 5.41) is 0. The maximum Gasteiger partial charge on any atom is 0.246 e. The van der Waals surface area contributed by atoms with Crippen molar-refractivity contribution in [3.05, 3.63) is 35.5 Å². The highest BCUT2D eigenvalue weighted by Gasteiger charge is 2.05. The van der Waals surface area contributed by atoms with Gasteiger partial charge in [0.15, 0.2) is 0 Å². The molecule has 0 aromatic rings. The van der Waals surface area contributed by atoms with Crippen LogP contribution in [0.4, 0.5) is 0 Å². The summed E-state index contributed by atoms with van der Waals surface area (Å²) in [6.07, 6.45) is 9.97. The average Bonchev–Trinajstić information content (AvgIpc) is 2.29. The third-order valence-electron chi connectivity index (χ3n) is 2.75. The normalized spacial score (nSPS) is 11.7. The van der Waals surface area contributed by atoms with Crippen LogP contribution in [0.1, 0.15) is 47.5 Å². The number of hydrogen-bond donors (Lipinski definition) is 0. The number of rotatable bonds is 7. The van der Waals surface area contributed by atoms with Gasteiger partial charge in [-0.3, -0.25) is 4.79 Å². The van der Waals surface area contributed by atoms with Crippen molar-refractivity contribution in [2.45, 2.75) is 47.5 Å². The number of likely N-dealkylation sites (N-methyl/N-ethyl adjacent to an activating group) is 1. The van der Waals surface area contributed by atoms with Crippen LogP contribution in [0.25, 0.3) is 0 Å². The molecule has 0 N–H and O–H groups in total. The minimum absolute atomic E-state index is 0.0911. The second-order valence-electron chi connectivity index (χ2n) is 4.75. The summed E-state index contributed by atoms with van der Waals surface area (Å²) in [4.78, 5) is 13.5. The van der Waals surface area contributed by atoms with Gasteiger partial charge in [-0.15, -0.1) is 0 Å². The second-order valence-corrected chi connectivity index (χ2v) is 4.75. The molecule has 0 saturated carbocycles. The fourth-order valence-electron chi connectivity index (χ4n) is 1.58. The zero-order valence-corrected chi connectivity index (χ0v) is 12.5. The molecule has 0 radical (unpaired) electrons. The van der Waals surface area contributed by atoms with E-state index < -0.39 is 0 Å². The van der Waals surface area contributed by atoms with E-state index in [9.17, 15) is 4.79 Å². The standard InChI is InChI=1S/C16H27NO/c1-6-9-16(18)17(7-2)13-12-15(5)11-8-10-14(3)4/h6,9-10,12H,7-8,11,13H2,1-5H3. The highest BCUT2D eigenvalue weighted by Crippen LogP contribution is 2.07. The lowest BCUT2D eigenvalue weighted by molar-refractivity contribution is -0.125. The lowest BCUT2D eigenvalue weighted by atomic mass is 10.1. The predicted octanol–water partition coefficient (Wildman–Crippen LogP) is 4.10. The molecule has 0 spiro atoms. The lowest BCUT2D eigenvalue weighted by Gasteiger charge is -2.17. The van der Waals surface area contributed by atoms with E-state index in [1.165, 1.54) is 11.1 Å². The molecule has 0 rings (SSSR count). The molecule has 2 heteroatoms. The fourth-order valence-corrected chi connectivity index (χ4v) is 1.58. The van der Waals surface area contributed by atoms with Crippen molar-refractivity contribution >= 4 is 5.91 Å². The Kier molecular flexibility index (Phi) is 8.99. The Morgan fingerprint density at radius 3 is 2.33 bits per heavy atom. The summed E-state index contributed by atoms with van der Waals surface area (Å²) in [5.74, 6) is 0.0911. The minimum Gasteiger partial charge on any atom is -0.336 e. The van der Waals surface area contributed by atoms with E-state index in [1.54, 1.807) is 12.2 Å². The van der Waals surface area contributed by atoms with Crippen molar-refractivity contribution in [2.75, 3.05) is 13.1 Å². The number of allylic oxidation sites excluding steroid dienone is 4. The first-order valence-corrected chi connectivity index (χ1v) is 6.71. The summed E-state index contributed by atoms with van der Waals surface area (Å²) in [6.45, 7) is 11.7. The molecule has 102 valence electrons. The number of amides is 1. The van der Waals surface area contributed by atoms with Gasteiger partial charge in [-0.25, -0.2) is 0 Å². The molecule has 0 aliphatic heterocycles. The van der Waals surface area contributed by atoms with Gasteiger partial charge in [0.2, 0.25) is 5.91 Å². The number of hydrogen-bond acceptors (Lipinski definition) is 1. The van der Waals surface area contributed by atoms with Gasteiger partial charge in [-0.1, -0.05) is 29.4 Å². The molecule has 0 atom stereocenters. The first-order valence-electron chi connectivity index (χ1n) is 6.71. The van der Waals surface area contributed by atoms with Gasteiger partial charge in [0.25, 0.3) is 0 Å². The lowest BCUT2D eigenvalue weighted by Crippen LogP contribution is -2.29. The van der Waals surface area contributed by atoms with E-state index in [0.29, 0.717) is 6.54 Å². The van der Waals surface area contributed by atoms with Gasteiger partial charge in [0.05, 0.1) is 0 Å². The van der Waals surface area contributed by atoms with Crippen LogP contribution in [0.2, 0.25) is 0 Å². The maximum absolute atomic E-state index is 11.7. The highest BCUT2D eigenvalue weighted by atomic mass is 16.2. The molecule has 0 saturated heterocycles. The van der Waals surface area contributed by atoms with Crippen molar-refractivity contribution < 1.29 is 4.79 Å². The summed E-state index contributed by atoms with van der Waals surface area (Å²) in [5.41, 5.74) is 2.71. The summed E-state index contributed by atoms with van der Waals surface area (Å²) in [7, 11) is 0. The zero-order chi connectivity index (χ0) is 14.0. The maximum atomic E-state index is 11.7. The monoisotopic (exact) mass is 249 g/mol. The first-order chi connectivity index (χ1) is 8.51. The number of carbonyl (C=O) groups excluding carboxylic acids is 1. The molecule has 0 heterocycles. The van der Waals surface area contributed by atoms with Crippen molar-refractivity contribution in [1.82, 2.24) is 4.90 Å². The molecule has 18 heavy (non-hydrogen) atoms. The molecular formula is C16H27NO. The van der Waals surface area contributed by atoms with Gasteiger partial charge in [-0.05, 0) is 53.5 Å². The van der Waals surface area contributed by atoms with E-state index in [2.05, 4.69) is 32.9 Å². The summed E-state index contributed by atoms with van der Waals surface area (Å²) in [6, 6.07) is 0. The molecule has 0 aromatic carbocycles. The van der Waals surface area contributed by atoms with Crippen LogP contribution in [0.3, 0.4) is 0 Å². The van der Waals surface area contributed by atoms with E-state index in [4.69, 9.17) is 0 Å². The molecular weight excluding hydrogens is 222 g/mol. The average molecular weight is 249 g/mol. The van der Waals surface area contributed by atoms with E-state index in [-0.39, 0.29) is 5.91 Å². The van der Waals surface area contributed by atoms with Gasteiger partial charge in [0, 0.05) is 13.1 Å². The molecule has 0 unspecified atom stereocenters. The Balaban J connectivity index is 4.24. The molecule has 1 amide bonds. The Labute approximate surface area is 112 Å². The van der Waals surface area contributed by atoms with Crippen LogP contribution in [0.15, 0.2) is 35.5 Å². The van der Waals surface area contributed by atoms with Crippen LogP contribution in [0, 0.1) is 0 Å². The Bertz CT molecular complexity index is 333. The van der Waals surface area contributed by atoms with Crippen molar-refractivity contribution in [1.29, 1.82) is 0 Å². The number of nitrogens with zero attached hydrogens (tertiary/aromatic N) is 1. The van der Waals surface area contributed by atoms with Crippen LogP contribution in [-0.2, 0) is 4.79 Å². The van der Waals surface area contributed by atoms with Crippen molar-refractivity contribution in [3.63, 3.8) is 0 Å². The minimum atomic E-state index is 0.0911. The van der Waals surface area contributed by atoms with E-state index in [1.807, 2.05) is 18.7 Å². The highest BCUT2D eigenvalue weighted by molar-refractivity contribution is 5.87. The molecule has 0 aliphatic carbocycles. The fraction of sp³-hybridized carbons (Fsp3) is 0.562. The van der Waals surface area contributed by atoms with Crippen LogP contribution < -0.4 is 0 Å². The van der Waals surface area contributed by atoms with Gasteiger partial charge >= 0.3 is 0 Å². The smallest absolute Gasteiger partial charge is 0.246 e. The Hall–Kier alpha value is -1.31. The summed E-state index contributed by atoms with van der Waals surface area (Å²) >= 11 is 0. The Morgan fingerprint density at radius 2 is 1.83 bits per heavy atom. The zero-order valence-electron chi connectivity index (χ0n) is 12.5. The van der Waals surface area contributed by atoms with E-state index >= 15 is 0 Å². The van der Waals surface area contributed by atoms with Crippen LogP contribution in [0.5, 0.6) is 0 Å². The predicted molar refractivity (Wildman–Crippen MR) is 79.5 cm³/mol. The van der Waals surface area contributed by atoms with Crippen molar-refractivity contribution in [2.24, 2.45) is 0 Å². The largest absolute Gasteiger partial charge is 0.336 e. The van der Waals surface area contributed by atoms with Gasteiger partial charge in [-0.2, -0.15) is 0 Å². The second kappa shape index (κ2) is 9.69. The van der Waals surface area contributed by atoms with Gasteiger partial charge in [0.1, 0.15) is 0 Å². The molecule has 0 aromatic heterocycles. The molecule has 0 fully saturated rings. The quantitative estimate of drug-likeness (QED) is 0.491. The molecule has 2 nitrogen and oxygen atoms in total. The topological polar surface area (TPSA) is 20.3 Å². The first kappa shape index (κ1) is 16.7. The molecule has 0 bridgehead atoms.